The van der Waals surface area contributed by atoms with Crippen LogP contribution in [0.3, 0.4) is 0 Å². The first-order valence-electron chi connectivity index (χ1n) is 7.36. The number of pyridine rings is 1. The summed E-state index contributed by atoms with van der Waals surface area (Å²) in [5, 5.41) is 0. The Bertz CT molecular complexity index is 539. The number of alkyl halides is 1. The van der Waals surface area contributed by atoms with E-state index in [-0.39, 0.29) is 17.7 Å². The average Bonchev–Trinajstić information content (AvgIpc) is 2.53. The number of nitrogens with two attached hydrogens (primary N) is 1. The number of carbonyl (C=O) groups excluding carboxylic acids is 2. The zero-order valence-electron chi connectivity index (χ0n) is 12.3. The largest absolute Gasteiger partial charge is 0.488 e. The van der Waals surface area contributed by atoms with Crippen molar-refractivity contribution in [3.63, 3.8) is 0 Å². The molecule has 1 saturated heterocycles. The normalized spacial score (nSPS) is 18.0. The molecule has 0 aromatic carbocycles. The van der Waals surface area contributed by atoms with Gasteiger partial charge in [-0.2, -0.15) is 0 Å². The van der Waals surface area contributed by atoms with Gasteiger partial charge in [-0.3, -0.25) is 14.6 Å². The predicted octanol–water partition coefficient (Wildman–Crippen LogP) is 1.57. The smallest absolute Gasteiger partial charge is 0.267 e. The van der Waals surface area contributed by atoms with Gasteiger partial charge in [0.1, 0.15) is 17.5 Å². The van der Waals surface area contributed by atoms with Gasteiger partial charge in [-0.25, -0.2) is 0 Å². The topological polar surface area (TPSA) is 85.5 Å². The van der Waals surface area contributed by atoms with E-state index in [1.807, 2.05) is 4.90 Å². The van der Waals surface area contributed by atoms with Gasteiger partial charge in [0.15, 0.2) is 0 Å². The maximum absolute atomic E-state index is 12.0. The van der Waals surface area contributed by atoms with E-state index in [2.05, 4.69) is 4.98 Å². The maximum Gasteiger partial charge on any atom is 0.267 e. The van der Waals surface area contributed by atoms with Crippen LogP contribution in [-0.4, -0.2) is 46.8 Å². The minimum absolute atomic E-state index is 0.0863. The van der Waals surface area contributed by atoms with E-state index in [1.165, 1.54) is 12.3 Å². The van der Waals surface area contributed by atoms with Gasteiger partial charge in [0.05, 0.1) is 6.54 Å². The van der Waals surface area contributed by atoms with Gasteiger partial charge in [0, 0.05) is 31.1 Å². The van der Waals surface area contributed by atoms with Crippen LogP contribution in [0, 0.1) is 0 Å². The van der Waals surface area contributed by atoms with Crippen molar-refractivity contribution < 1.29 is 14.3 Å². The predicted molar refractivity (Wildman–Crippen MR) is 82.9 cm³/mol. The molecule has 6 nitrogen and oxygen atoms in total. The van der Waals surface area contributed by atoms with Crippen molar-refractivity contribution in [2.75, 3.05) is 19.0 Å². The molecular formula is C15H20ClN3O3. The second-order valence-electron chi connectivity index (χ2n) is 5.26. The van der Waals surface area contributed by atoms with E-state index in [9.17, 15) is 9.59 Å². The number of primary amides is 1. The Morgan fingerprint density at radius 2 is 2.32 bits per heavy atom. The summed E-state index contributed by atoms with van der Waals surface area (Å²) in [5.41, 5.74) is 5.37. The molecule has 2 rings (SSSR count). The number of nitrogens with zero attached hydrogens (tertiary/aromatic N) is 2. The number of piperidine rings is 1. The molecule has 120 valence electrons. The molecule has 1 aromatic rings. The molecule has 0 radical (unpaired) electrons. The van der Waals surface area contributed by atoms with Gasteiger partial charge in [-0.1, -0.05) is 0 Å². The lowest BCUT2D eigenvalue weighted by atomic mass is 10.1. The Balaban J connectivity index is 1.94. The van der Waals surface area contributed by atoms with Crippen LogP contribution in [0.1, 0.15) is 36.2 Å². The number of likely N-dealkylation sites (tertiary alicyclic amines) is 1. The number of hydrogen-bond acceptors (Lipinski definition) is 4. The number of amides is 2. The summed E-state index contributed by atoms with van der Waals surface area (Å²) in [4.78, 5) is 28.9. The van der Waals surface area contributed by atoms with Crippen molar-refractivity contribution in [2.45, 2.75) is 31.8 Å². The number of halogens is 1. The third kappa shape index (κ3) is 4.59. The standard InChI is InChI=1S/C15H20ClN3O3/c16-6-1-4-14(20)19-8-2-3-12(10-19)22-11-5-7-18-13(9-11)15(17)21/h5,7,9,12H,1-4,6,8,10H2,(H2,17,21). The first-order valence-corrected chi connectivity index (χ1v) is 7.90. The highest BCUT2D eigenvalue weighted by Gasteiger charge is 2.24. The highest BCUT2D eigenvalue weighted by atomic mass is 35.5. The van der Waals surface area contributed by atoms with E-state index in [0.717, 1.165) is 19.4 Å². The Kier molecular flexibility index (Phi) is 6.00. The van der Waals surface area contributed by atoms with Crippen LogP contribution >= 0.6 is 11.6 Å². The molecule has 1 aliphatic rings. The van der Waals surface area contributed by atoms with Gasteiger partial charge in [-0.05, 0) is 25.3 Å². The molecule has 1 fully saturated rings. The minimum atomic E-state index is -0.591. The summed E-state index contributed by atoms with van der Waals surface area (Å²) in [6.45, 7) is 1.30. The first-order chi connectivity index (χ1) is 10.6. The van der Waals surface area contributed by atoms with Crippen molar-refractivity contribution in [2.24, 2.45) is 5.73 Å². The summed E-state index contributed by atoms with van der Waals surface area (Å²) in [7, 11) is 0. The lowest BCUT2D eigenvalue weighted by Crippen LogP contribution is -2.44. The highest BCUT2D eigenvalue weighted by molar-refractivity contribution is 6.17. The van der Waals surface area contributed by atoms with Gasteiger partial charge < -0.3 is 15.4 Å². The fourth-order valence-electron chi connectivity index (χ4n) is 2.45. The summed E-state index contributed by atoms with van der Waals surface area (Å²) < 4.78 is 5.86. The fraction of sp³-hybridized carbons (Fsp3) is 0.533. The van der Waals surface area contributed by atoms with E-state index < -0.39 is 5.91 Å². The first kappa shape index (κ1) is 16.5. The van der Waals surface area contributed by atoms with E-state index in [4.69, 9.17) is 22.1 Å². The highest BCUT2D eigenvalue weighted by Crippen LogP contribution is 2.19. The number of aromatic nitrogens is 1. The molecule has 0 aliphatic carbocycles. The number of carbonyl (C=O) groups is 2. The van der Waals surface area contributed by atoms with Gasteiger partial charge in [0.25, 0.3) is 5.91 Å². The zero-order chi connectivity index (χ0) is 15.9. The zero-order valence-corrected chi connectivity index (χ0v) is 13.1. The van der Waals surface area contributed by atoms with Crippen molar-refractivity contribution in [1.82, 2.24) is 9.88 Å². The van der Waals surface area contributed by atoms with Crippen LogP contribution in [0.2, 0.25) is 0 Å². The van der Waals surface area contributed by atoms with Crippen molar-refractivity contribution in [3.8, 4) is 5.75 Å². The molecule has 2 N–H and O–H groups in total. The maximum atomic E-state index is 12.0. The Labute approximate surface area is 134 Å². The molecule has 1 aliphatic heterocycles. The van der Waals surface area contributed by atoms with Crippen molar-refractivity contribution >= 4 is 23.4 Å². The van der Waals surface area contributed by atoms with E-state index in [1.54, 1.807) is 6.07 Å². The Morgan fingerprint density at radius 1 is 1.50 bits per heavy atom. The van der Waals surface area contributed by atoms with Crippen LogP contribution in [0.5, 0.6) is 5.75 Å². The molecule has 2 amide bonds. The van der Waals surface area contributed by atoms with Gasteiger partial charge >= 0.3 is 0 Å². The average molecular weight is 326 g/mol. The molecule has 0 bridgehead atoms. The summed E-state index contributed by atoms with van der Waals surface area (Å²) in [6, 6.07) is 3.21. The third-order valence-corrected chi connectivity index (χ3v) is 3.81. The number of hydrogen-bond donors (Lipinski definition) is 1. The van der Waals surface area contributed by atoms with E-state index >= 15 is 0 Å². The minimum Gasteiger partial charge on any atom is -0.488 e. The van der Waals surface area contributed by atoms with Gasteiger partial charge in [0.2, 0.25) is 5.91 Å². The second-order valence-corrected chi connectivity index (χ2v) is 5.63. The second kappa shape index (κ2) is 7.98. The Hall–Kier alpha value is -1.82. The molecule has 2 heterocycles. The summed E-state index contributed by atoms with van der Waals surface area (Å²) in [5.74, 6) is 0.559. The van der Waals surface area contributed by atoms with Crippen molar-refractivity contribution in [3.05, 3.63) is 24.0 Å². The molecule has 1 atom stereocenters. The fourth-order valence-corrected chi connectivity index (χ4v) is 2.58. The molecule has 22 heavy (non-hydrogen) atoms. The third-order valence-electron chi connectivity index (χ3n) is 3.54. The lowest BCUT2D eigenvalue weighted by Gasteiger charge is -2.33. The summed E-state index contributed by atoms with van der Waals surface area (Å²) >= 11 is 5.62. The van der Waals surface area contributed by atoms with Crippen molar-refractivity contribution in [1.29, 1.82) is 0 Å². The monoisotopic (exact) mass is 325 g/mol. The molecular weight excluding hydrogens is 306 g/mol. The molecule has 1 aromatic heterocycles. The van der Waals surface area contributed by atoms with E-state index in [0.29, 0.717) is 31.0 Å². The molecule has 1 unspecified atom stereocenters. The molecule has 0 spiro atoms. The SMILES string of the molecule is NC(=O)c1cc(OC2CCCN(C(=O)CCCCl)C2)ccn1. The van der Waals surface area contributed by atoms with Crippen LogP contribution in [-0.2, 0) is 4.79 Å². The number of rotatable bonds is 6. The Morgan fingerprint density at radius 3 is 3.05 bits per heavy atom. The van der Waals surface area contributed by atoms with Gasteiger partial charge in [-0.15, -0.1) is 11.6 Å². The quantitative estimate of drug-likeness (QED) is 0.804. The lowest BCUT2D eigenvalue weighted by molar-refractivity contribution is -0.133. The molecule has 0 saturated carbocycles. The summed E-state index contributed by atoms with van der Waals surface area (Å²) in [6.07, 6.45) is 4.32. The van der Waals surface area contributed by atoms with Crippen LogP contribution < -0.4 is 10.5 Å². The number of ether oxygens (including phenoxy) is 1. The van der Waals surface area contributed by atoms with Crippen LogP contribution in [0.4, 0.5) is 0 Å². The molecule has 7 heteroatoms. The van der Waals surface area contributed by atoms with Crippen LogP contribution in [0.15, 0.2) is 18.3 Å². The van der Waals surface area contributed by atoms with Crippen LogP contribution in [0.25, 0.3) is 0 Å².